The predicted octanol–water partition coefficient (Wildman–Crippen LogP) is 2.93. The van der Waals surface area contributed by atoms with E-state index in [2.05, 4.69) is 19.9 Å². The van der Waals surface area contributed by atoms with E-state index in [0.717, 1.165) is 12.8 Å². The molecule has 0 aromatic carbocycles. The Morgan fingerprint density at radius 3 is 2.54 bits per heavy atom. The van der Waals surface area contributed by atoms with E-state index >= 15 is 0 Å². The van der Waals surface area contributed by atoms with Crippen molar-refractivity contribution >= 4 is 5.97 Å². The van der Waals surface area contributed by atoms with Crippen LogP contribution in [0.4, 0.5) is 0 Å². The minimum atomic E-state index is -0.0790. The van der Waals surface area contributed by atoms with E-state index in [1.807, 2.05) is 13.8 Å². The van der Waals surface area contributed by atoms with Gasteiger partial charge in [-0.1, -0.05) is 18.6 Å². The quantitative estimate of drug-likeness (QED) is 0.485. The van der Waals surface area contributed by atoms with E-state index in [0.29, 0.717) is 6.61 Å². The van der Waals surface area contributed by atoms with E-state index in [1.54, 1.807) is 0 Å². The SMILES string of the molecule is CCOC(=O)C(C)CCC=C(C)C. The third-order valence-electron chi connectivity index (χ3n) is 1.84. The fraction of sp³-hybridized carbons (Fsp3) is 0.727. The fourth-order valence-corrected chi connectivity index (χ4v) is 1.02. The Hall–Kier alpha value is -0.790. The molecule has 0 aromatic rings. The van der Waals surface area contributed by atoms with Crippen molar-refractivity contribution in [2.45, 2.75) is 40.5 Å². The summed E-state index contributed by atoms with van der Waals surface area (Å²) in [5, 5.41) is 0. The van der Waals surface area contributed by atoms with Gasteiger partial charge >= 0.3 is 5.97 Å². The van der Waals surface area contributed by atoms with Crippen molar-refractivity contribution in [3.63, 3.8) is 0 Å². The highest BCUT2D eigenvalue weighted by atomic mass is 16.5. The summed E-state index contributed by atoms with van der Waals surface area (Å²) in [5.41, 5.74) is 1.30. The molecule has 0 aliphatic carbocycles. The molecular formula is C11H20O2. The molecule has 2 nitrogen and oxygen atoms in total. The number of ether oxygens (including phenoxy) is 1. The molecule has 13 heavy (non-hydrogen) atoms. The Balaban J connectivity index is 3.67. The zero-order valence-electron chi connectivity index (χ0n) is 9.09. The number of rotatable bonds is 5. The molecule has 0 spiro atoms. The molecule has 0 amide bonds. The standard InChI is InChI=1S/C11H20O2/c1-5-13-11(12)10(4)8-6-7-9(2)3/h7,10H,5-6,8H2,1-4H3. The number of hydrogen-bond acceptors (Lipinski definition) is 2. The van der Waals surface area contributed by atoms with Gasteiger partial charge < -0.3 is 4.74 Å². The van der Waals surface area contributed by atoms with Crippen molar-refractivity contribution in [1.29, 1.82) is 0 Å². The van der Waals surface area contributed by atoms with Gasteiger partial charge in [0, 0.05) is 0 Å². The molecule has 0 aliphatic rings. The van der Waals surface area contributed by atoms with Crippen LogP contribution in [0.1, 0.15) is 40.5 Å². The van der Waals surface area contributed by atoms with Gasteiger partial charge in [-0.15, -0.1) is 0 Å². The number of allylic oxidation sites excluding steroid dienone is 2. The van der Waals surface area contributed by atoms with Crippen LogP contribution in [0.25, 0.3) is 0 Å². The van der Waals surface area contributed by atoms with Crippen LogP contribution >= 0.6 is 0 Å². The number of carbonyl (C=O) groups is 1. The second-order valence-electron chi connectivity index (χ2n) is 3.51. The van der Waals surface area contributed by atoms with Crippen LogP contribution in [0.15, 0.2) is 11.6 Å². The maximum absolute atomic E-state index is 11.2. The van der Waals surface area contributed by atoms with Crippen molar-refractivity contribution in [1.82, 2.24) is 0 Å². The first-order valence-electron chi connectivity index (χ1n) is 4.88. The van der Waals surface area contributed by atoms with E-state index in [1.165, 1.54) is 5.57 Å². The smallest absolute Gasteiger partial charge is 0.308 e. The van der Waals surface area contributed by atoms with Gasteiger partial charge in [0.15, 0.2) is 0 Å². The van der Waals surface area contributed by atoms with Crippen molar-refractivity contribution in [3.05, 3.63) is 11.6 Å². The molecule has 0 N–H and O–H groups in total. The Morgan fingerprint density at radius 1 is 1.46 bits per heavy atom. The molecule has 0 aromatic heterocycles. The average molecular weight is 184 g/mol. The second-order valence-corrected chi connectivity index (χ2v) is 3.51. The van der Waals surface area contributed by atoms with Gasteiger partial charge in [-0.3, -0.25) is 4.79 Å². The van der Waals surface area contributed by atoms with E-state index in [-0.39, 0.29) is 11.9 Å². The molecule has 76 valence electrons. The summed E-state index contributed by atoms with van der Waals surface area (Å²) in [6.45, 7) is 8.35. The number of carbonyl (C=O) groups excluding carboxylic acids is 1. The Bertz CT molecular complexity index is 179. The summed E-state index contributed by atoms with van der Waals surface area (Å²) >= 11 is 0. The third kappa shape index (κ3) is 6.38. The molecule has 0 saturated carbocycles. The summed E-state index contributed by atoms with van der Waals surface area (Å²) in [4.78, 5) is 11.2. The Kier molecular flexibility index (Phi) is 6.29. The zero-order valence-corrected chi connectivity index (χ0v) is 9.09. The van der Waals surface area contributed by atoms with Gasteiger partial charge in [-0.25, -0.2) is 0 Å². The van der Waals surface area contributed by atoms with Gasteiger partial charge in [-0.2, -0.15) is 0 Å². The van der Waals surface area contributed by atoms with Crippen LogP contribution < -0.4 is 0 Å². The van der Waals surface area contributed by atoms with Crippen molar-refractivity contribution in [2.24, 2.45) is 5.92 Å². The summed E-state index contributed by atoms with van der Waals surface area (Å²) in [6, 6.07) is 0. The summed E-state index contributed by atoms with van der Waals surface area (Å²) < 4.78 is 4.90. The van der Waals surface area contributed by atoms with Gasteiger partial charge in [0.1, 0.15) is 0 Å². The van der Waals surface area contributed by atoms with Crippen LogP contribution in [0.5, 0.6) is 0 Å². The molecule has 0 rings (SSSR count). The molecule has 1 unspecified atom stereocenters. The first kappa shape index (κ1) is 12.2. The minimum absolute atomic E-state index is 0.0237. The van der Waals surface area contributed by atoms with Crippen LogP contribution in [0, 0.1) is 5.92 Å². The predicted molar refractivity (Wildman–Crippen MR) is 54.5 cm³/mol. The average Bonchev–Trinajstić information content (AvgIpc) is 2.04. The van der Waals surface area contributed by atoms with Crippen LogP contribution in [0.3, 0.4) is 0 Å². The fourth-order valence-electron chi connectivity index (χ4n) is 1.02. The largest absolute Gasteiger partial charge is 0.466 e. The highest BCUT2D eigenvalue weighted by Crippen LogP contribution is 2.09. The van der Waals surface area contributed by atoms with Crippen molar-refractivity contribution in [2.75, 3.05) is 6.61 Å². The topological polar surface area (TPSA) is 26.3 Å². The van der Waals surface area contributed by atoms with Crippen LogP contribution in [-0.4, -0.2) is 12.6 Å². The maximum Gasteiger partial charge on any atom is 0.308 e. The lowest BCUT2D eigenvalue weighted by atomic mass is 10.1. The number of hydrogen-bond donors (Lipinski definition) is 0. The molecule has 0 heterocycles. The van der Waals surface area contributed by atoms with Gasteiger partial charge in [0.2, 0.25) is 0 Å². The third-order valence-corrected chi connectivity index (χ3v) is 1.84. The van der Waals surface area contributed by atoms with Crippen LogP contribution in [0.2, 0.25) is 0 Å². The first-order valence-corrected chi connectivity index (χ1v) is 4.88. The van der Waals surface area contributed by atoms with E-state index < -0.39 is 0 Å². The molecule has 0 radical (unpaired) electrons. The summed E-state index contributed by atoms with van der Waals surface area (Å²) in [6.07, 6.45) is 3.99. The Labute approximate surface area is 81.0 Å². The summed E-state index contributed by atoms with van der Waals surface area (Å²) in [5.74, 6) is -0.0554. The molecule has 0 saturated heterocycles. The Morgan fingerprint density at radius 2 is 2.08 bits per heavy atom. The van der Waals surface area contributed by atoms with Gasteiger partial charge in [-0.05, 0) is 33.6 Å². The zero-order chi connectivity index (χ0) is 10.3. The summed E-state index contributed by atoms with van der Waals surface area (Å²) in [7, 11) is 0. The monoisotopic (exact) mass is 184 g/mol. The molecular weight excluding hydrogens is 164 g/mol. The lowest BCUT2D eigenvalue weighted by Crippen LogP contribution is -2.14. The molecule has 2 heteroatoms. The molecule has 0 aliphatic heterocycles. The maximum atomic E-state index is 11.2. The molecule has 1 atom stereocenters. The molecule has 0 fully saturated rings. The lowest BCUT2D eigenvalue weighted by molar-refractivity contribution is -0.147. The van der Waals surface area contributed by atoms with Gasteiger partial charge in [0.05, 0.1) is 12.5 Å². The highest BCUT2D eigenvalue weighted by Gasteiger charge is 2.11. The van der Waals surface area contributed by atoms with Gasteiger partial charge in [0.25, 0.3) is 0 Å². The second kappa shape index (κ2) is 6.70. The lowest BCUT2D eigenvalue weighted by Gasteiger charge is -2.08. The number of esters is 1. The molecule has 0 bridgehead atoms. The minimum Gasteiger partial charge on any atom is -0.466 e. The highest BCUT2D eigenvalue weighted by molar-refractivity contribution is 5.71. The van der Waals surface area contributed by atoms with Crippen molar-refractivity contribution < 1.29 is 9.53 Å². The first-order chi connectivity index (χ1) is 6.07. The van der Waals surface area contributed by atoms with E-state index in [4.69, 9.17) is 4.74 Å². The van der Waals surface area contributed by atoms with E-state index in [9.17, 15) is 4.79 Å². The van der Waals surface area contributed by atoms with Crippen molar-refractivity contribution in [3.8, 4) is 0 Å². The normalized spacial score (nSPS) is 12.0. The van der Waals surface area contributed by atoms with Crippen LogP contribution in [-0.2, 0) is 9.53 Å².